The van der Waals surface area contributed by atoms with Crippen molar-refractivity contribution in [1.82, 2.24) is 9.97 Å². The molecule has 0 bridgehead atoms. The zero-order valence-electron chi connectivity index (χ0n) is 9.96. The molecule has 0 aliphatic carbocycles. The maximum absolute atomic E-state index is 5.91. The van der Waals surface area contributed by atoms with Crippen LogP contribution in [0.2, 0.25) is 5.15 Å². The van der Waals surface area contributed by atoms with E-state index in [1.165, 1.54) is 0 Å². The monoisotopic (exact) mass is 243 g/mol. The Balaban J connectivity index is 2.64. The van der Waals surface area contributed by atoms with Crippen molar-refractivity contribution in [3.63, 3.8) is 0 Å². The van der Waals surface area contributed by atoms with Gasteiger partial charge in [-0.25, -0.2) is 9.97 Å². The summed E-state index contributed by atoms with van der Waals surface area (Å²) in [6.07, 6.45) is 1.99. The van der Waals surface area contributed by atoms with E-state index in [0.717, 1.165) is 24.5 Å². The summed E-state index contributed by atoms with van der Waals surface area (Å²) in [5.74, 6) is 1.54. The van der Waals surface area contributed by atoms with Gasteiger partial charge in [0.15, 0.2) is 0 Å². The minimum atomic E-state index is 0.142. The third kappa shape index (κ3) is 4.33. The average Bonchev–Trinajstić information content (AvgIpc) is 2.25. The van der Waals surface area contributed by atoms with E-state index in [2.05, 4.69) is 22.2 Å². The molecule has 1 heterocycles. The van der Waals surface area contributed by atoms with Crippen LogP contribution >= 0.6 is 11.6 Å². The predicted octanol–water partition coefficient (Wildman–Crippen LogP) is 2.53. The Labute approximate surface area is 101 Å². The van der Waals surface area contributed by atoms with E-state index in [0.29, 0.717) is 11.7 Å². The first-order valence-corrected chi connectivity index (χ1v) is 5.83. The molecule has 0 fully saturated rings. The minimum absolute atomic E-state index is 0.142. The van der Waals surface area contributed by atoms with Crippen LogP contribution in [0.5, 0.6) is 0 Å². The topological polar surface area (TPSA) is 47.0 Å². The van der Waals surface area contributed by atoms with Crippen molar-refractivity contribution < 1.29 is 4.74 Å². The number of nitrogens with one attached hydrogen (secondary N) is 1. The SMILES string of the molecule is CCCc1nc(Cl)cc(NCC(C)OC)n1. The summed E-state index contributed by atoms with van der Waals surface area (Å²) < 4.78 is 5.14. The molecule has 0 radical (unpaired) electrons. The van der Waals surface area contributed by atoms with Gasteiger partial charge in [-0.05, 0) is 13.3 Å². The molecule has 5 heteroatoms. The molecule has 0 aliphatic heterocycles. The molecule has 0 spiro atoms. The summed E-state index contributed by atoms with van der Waals surface area (Å²) >= 11 is 5.91. The van der Waals surface area contributed by atoms with Crippen LogP contribution in [-0.2, 0) is 11.2 Å². The van der Waals surface area contributed by atoms with Gasteiger partial charge in [-0.15, -0.1) is 0 Å². The quantitative estimate of drug-likeness (QED) is 0.780. The highest BCUT2D eigenvalue weighted by atomic mass is 35.5. The largest absolute Gasteiger partial charge is 0.380 e. The number of ether oxygens (including phenoxy) is 1. The summed E-state index contributed by atoms with van der Waals surface area (Å²) in [6, 6.07) is 1.73. The first-order chi connectivity index (χ1) is 7.65. The lowest BCUT2D eigenvalue weighted by molar-refractivity contribution is 0.128. The maximum atomic E-state index is 5.91. The van der Waals surface area contributed by atoms with Gasteiger partial charge in [-0.1, -0.05) is 18.5 Å². The van der Waals surface area contributed by atoms with Gasteiger partial charge in [0, 0.05) is 26.1 Å². The molecule has 1 aromatic heterocycles. The number of aromatic nitrogens is 2. The van der Waals surface area contributed by atoms with Gasteiger partial charge in [0.2, 0.25) is 0 Å². The number of methoxy groups -OCH3 is 1. The molecule has 0 aliphatic rings. The van der Waals surface area contributed by atoms with E-state index in [9.17, 15) is 0 Å². The Hall–Kier alpha value is -0.870. The molecule has 0 amide bonds. The summed E-state index contributed by atoms with van der Waals surface area (Å²) in [7, 11) is 1.68. The Bertz CT molecular complexity index is 333. The third-order valence-corrected chi connectivity index (χ3v) is 2.38. The fourth-order valence-corrected chi connectivity index (χ4v) is 1.42. The molecule has 90 valence electrons. The van der Waals surface area contributed by atoms with Crippen LogP contribution in [0.15, 0.2) is 6.07 Å². The molecule has 1 rings (SSSR count). The Morgan fingerprint density at radius 2 is 2.25 bits per heavy atom. The number of anilines is 1. The first kappa shape index (κ1) is 13.2. The molecular weight excluding hydrogens is 226 g/mol. The highest BCUT2D eigenvalue weighted by Gasteiger charge is 2.04. The molecule has 16 heavy (non-hydrogen) atoms. The number of hydrogen-bond donors (Lipinski definition) is 1. The molecular formula is C11H18ClN3O. The zero-order chi connectivity index (χ0) is 12.0. The minimum Gasteiger partial charge on any atom is -0.380 e. The molecule has 1 N–H and O–H groups in total. The summed E-state index contributed by atoms with van der Waals surface area (Å²) in [5.41, 5.74) is 0. The van der Waals surface area contributed by atoms with Gasteiger partial charge in [-0.3, -0.25) is 0 Å². The fraction of sp³-hybridized carbons (Fsp3) is 0.636. The summed E-state index contributed by atoms with van der Waals surface area (Å²) in [4.78, 5) is 8.52. The van der Waals surface area contributed by atoms with Crippen LogP contribution in [0.3, 0.4) is 0 Å². The molecule has 0 aromatic carbocycles. The standard InChI is InChI=1S/C11H18ClN3O/c1-4-5-10-14-9(12)6-11(15-10)13-7-8(2)16-3/h6,8H,4-5,7H2,1-3H3,(H,13,14,15). The second kappa shape index (κ2) is 6.66. The van der Waals surface area contributed by atoms with Crippen LogP contribution in [0.25, 0.3) is 0 Å². The van der Waals surface area contributed by atoms with E-state index >= 15 is 0 Å². The van der Waals surface area contributed by atoms with Gasteiger partial charge < -0.3 is 10.1 Å². The van der Waals surface area contributed by atoms with E-state index in [1.807, 2.05) is 6.92 Å². The van der Waals surface area contributed by atoms with Crippen LogP contribution in [0.1, 0.15) is 26.1 Å². The lowest BCUT2D eigenvalue weighted by atomic mass is 10.3. The van der Waals surface area contributed by atoms with Gasteiger partial charge in [0.1, 0.15) is 16.8 Å². The van der Waals surface area contributed by atoms with Crippen molar-refractivity contribution in [2.45, 2.75) is 32.8 Å². The van der Waals surface area contributed by atoms with E-state index in [4.69, 9.17) is 16.3 Å². The van der Waals surface area contributed by atoms with Gasteiger partial charge >= 0.3 is 0 Å². The Morgan fingerprint density at radius 3 is 2.88 bits per heavy atom. The van der Waals surface area contributed by atoms with E-state index in [-0.39, 0.29) is 6.10 Å². The molecule has 4 nitrogen and oxygen atoms in total. The van der Waals surface area contributed by atoms with Gasteiger partial charge in [0.25, 0.3) is 0 Å². The van der Waals surface area contributed by atoms with Crippen molar-refractivity contribution in [3.05, 3.63) is 17.0 Å². The molecule has 0 saturated heterocycles. The highest BCUT2D eigenvalue weighted by molar-refractivity contribution is 6.29. The maximum Gasteiger partial charge on any atom is 0.134 e. The number of nitrogens with zero attached hydrogens (tertiary/aromatic N) is 2. The lowest BCUT2D eigenvalue weighted by Crippen LogP contribution is -2.19. The van der Waals surface area contributed by atoms with Crippen molar-refractivity contribution in [1.29, 1.82) is 0 Å². The zero-order valence-corrected chi connectivity index (χ0v) is 10.7. The van der Waals surface area contributed by atoms with Crippen LogP contribution in [0.4, 0.5) is 5.82 Å². The van der Waals surface area contributed by atoms with Gasteiger partial charge in [0.05, 0.1) is 6.10 Å². The predicted molar refractivity (Wildman–Crippen MR) is 66.0 cm³/mol. The van der Waals surface area contributed by atoms with Crippen molar-refractivity contribution in [3.8, 4) is 0 Å². The van der Waals surface area contributed by atoms with Crippen molar-refractivity contribution >= 4 is 17.4 Å². The average molecular weight is 244 g/mol. The number of halogens is 1. The Kier molecular flexibility index (Phi) is 5.49. The van der Waals surface area contributed by atoms with Crippen molar-refractivity contribution in [2.75, 3.05) is 19.0 Å². The number of aryl methyl sites for hydroxylation is 1. The second-order valence-electron chi connectivity index (χ2n) is 3.67. The fourth-order valence-electron chi connectivity index (χ4n) is 1.22. The molecule has 1 unspecified atom stereocenters. The second-order valence-corrected chi connectivity index (χ2v) is 4.06. The Morgan fingerprint density at radius 1 is 1.50 bits per heavy atom. The molecule has 1 aromatic rings. The molecule has 1 atom stereocenters. The van der Waals surface area contributed by atoms with E-state index in [1.54, 1.807) is 13.2 Å². The normalized spacial score (nSPS) is 12.5. The van der Waals surface area contributed by atoms with Crippen LogP contribution in [-0.4, -0.2) is 29.7 Å². The number of hydrogen-bond acceptors (Lipinski definition) is 4. The third-order valence-electron chi connectivity index (χ3n) is 2.19. The van der Waals surface area contributed by atoms with Gasteiger partial charge in [-0.2, -0.15) is 0 Å². The molecule has 0 saturated carbocycles. The van der Waals surface area contributed by atoms with Crippen LogP contribution < -0.4 is 5.32 Å². The highest BCUT2D eigenvalue weighted by Crippen LogP contribution is 2.12. The smallest absolute Gasteiger partial charge is 0.134 e. The van der Waals surface area contributed by atoms with Crippen molar-refractivity contribution in [2.24, 2.45) is 0 Å². The summed E-state index contributed by atoms with van der Waals surface area (Å²) in [5, 5.41) is 3.65. The lowest BCUT2D eigenvalue weighted by Gasteiger charge is -2.11. The van der Waals surface area contributed by atoms with E-state index < -0.39 is 0 Å². The first-order valence-electron chi connectivity index (χ1n) is 5.45. The van der Waals surface area contributed by atoms with Crippen LogP contribution in [0, 0.1) is 0 Å². The number of rotatable bonds is 6. The summed E-state index contributed by atoms with van der Waals surface area (Å²) in [6.45, 7) is 4.78.